The van der Waals surface area contributed by atoms with Gasteiger partial charge < -0.3 is 0 Å². The number of nitriles is 1. The fourth-order valence-electron chi connectivity index (χ4n) is 1.28. The molecule has 2 nitrogen and oxygen atoms in total. The van der Waals surface area contributed by atoms with E-state index in [0.717, 1.165) is 6.42 Å². The van der Waals surface area contributed by atoms with E-state index in [1.807, 2.05) is 13.0 Å². The fourth-order valence-corrected chi connectivity index (χ4v) is 2.42. The van der Waals surface area contributed by atoms with Crippen molar-refractivity contribution in [2.75, 3.05) is 5.75 Å². The van der Waals surface area contributed by atoms with Gasteiger partial charge >= 0.3 is 0 Å². The van der Waals surface area contributed by atoms with Crippen molar-refractivity contribution in [2.24, 2.45) is 0 Å². The summed E-state index contributed by atoms with van der Waals surface area (Å²) in [6.45, 7) is 1.95. The van der Waals surface area contributed by atoms with E-state index >= 15 is 0 Å². The third-order valence-corrected chi connectivity index (χ3v) is 3.37. The summed E-state index contributed by atoms with van der Waals surface area (Å²) in [5, 5.41) is 8.63. The van der Waals surface area contributed by atoms with Crippen molar-refractivity contribution in [2.45, 2.75) is 19.1 Å². The summed E-state index contributed by atoms with van der Waals surface area (Å²) in [6.07, 6.45) is 0.840. The van der Waals surface area contributed by atoms with Gasteiger partial charge in [-0.05, 0) is 30.2 Å². The maximum absolute atomic E-state index is 13.0. The van der Waals surface area contributed by atoms with Crippen molar-refractivity contribution in [1.82, 2.24) is 0 Å². The Morgan fingerprint density at radius 2 is 2.20 bits per heavy atom. The zero-order valence-electron chi connectivity index (χ0n) is 8.50. The van der Waals surface area contributed by atoms with Gasteiger partial charge in [0.15, 0.2) is 0 Å². The molecule has 0 aromatic heterocycles. The van der Waals surface area contributed by atoms with Crippen molar-refractivity contribution in [1.29, 1.82) is 5.26 Å². The van der Waals surface area contributed by atoms with Crippen molar-refractivity contribution >= 4 is 10.8 Å². The van der Waals surface area contributed by atoms with E-state index < -0.39 is 16.6 Å². The molecule has 0 bridgehead atoms. The Morgan fingerprint density at radius 3 is 2.80 bits per heavy atom. The van der Waals surface area contributed by atoms with E-state index in [1.165, 1.54) is 12.1 Å². The Morgan fingerprint density at radius 1 is 1.47 bits per heavy atom. The van der Waals surface area contributed by atoms with E-state index in [0.29, 0.717) is 17.1 Å². The Hall–Kier alpha value is -1.21. The first kappa shape index (κ1) is 11.9. The lowest BCUT2D eigenvalue weighted by atomic mass is 10.1. The molecule has 0 N–H and O–H groups in total. The smallest absolute Gasteiger partial charge is 0.124 e. The molecule has 1 unspecified atom stereocenters. The summed E-state index contributed by atoms with van der Waals surface area (Å²) in [4.78, 5) is 0. The summed E-state index contributed by atoms with van der Waals surface area (Å²) in [7, 11) is -0.966. The van der Waals surface area contributed by atoms with Crippen LogP contribution >= 0.6 is 0 Å². The van der Waals surface area contributed by atoms with Gasteiger partial charge in [-0.15, -0.1) is 0 Å². The molecule has 0 aliphatic rings. The molecule has 0 aliphatic carbocycles. The van der Waals surface area contributed by atoms with Gasteiger partial charge in [0.25, 0.3) is 0 Å². The maximum Gasteiger partial charge on any atom is 0.124 e. The summed E-state index contributed by atoms with van der Waals surface area (Å²) in [5.74, 6) is 0.483. The molecule has 0 saturated heterocycles. The molecular formula is C11H12FNOS. The molecule has 1 aromatic rings. The first-order valence-electron chi connectivity index (χ1n) is 4.70. The van der Waals surface area contributed by atoms with Gasteiger partial charge in [0.1, 0.15) is 5.82 Å². The lowest BCUT2D eigenvalue weighted by molar-refractivity contribution is 0.625. The number of benzene rings is 1. The van der Waals surface area contributed by atoms with Gasteiger partial charge in [-0.2, -0.15) is 5.26 Å². The number of rotatable bonds is 4. The monoisotopic (exact) mass is 225 g/mol. The molecule has 1 aromatic carbocycles. The minimum absolute atomic E-state index is 0.276. The standard InChI is InChI=1S/C11H12FNOS/c1-2-3-15(14)8-10-4-9(7-13)5-11(12)6-10/h4-6H,2-3,8H2,1H3. The van der Waals surface area contributed by atoms with Crippen LogP contribution in [0, 0.1) is 17.1 Å². The highest BCUT2D eigenvalue weighted by Gasteiger charge is 2.04. The molecule has 0 saturated carbocycles. The van der Waals surface area contributed by atoms with E-state index in [2.05, 4.69) is 0 Å². The van der Waals surface area contributed by atoms with Crippen LogP contribution in [0.15, 0.2) is 18.2 Å². The van der Waals surface area contributed by atoms with Crippen LogP contribution in [0.2, 0.25) is 0 Å². The van der Waals surface area contributed by atoms with Crippen molar-refractivity contribution < 1.29 is 8.60 Å². The number of halogens is 1. The molecule has 0 fully saturated rings. The molecule has 1 atom stereocenters. The molecule has 15 heavy (non-hydrogen) atoms. The van der Waals surface area contributed by atoms with E-state index in [-0.39, 0.29) is 5.56 Å². The summed E-state index contributed by atoms with van der Waals surface area (Å²) in [5.41, 5.74) is 0.900. The second kappa shape index (κ2) is 5.62. The summed E-state index contributed by atoms with van der Waals surface area (Å²) >= 11 is 0. The highest BCUT2D eigenvalue weighted by molar-refractivity contribution is 7.84. The van der Waals surface area contributed by atoms with Crippen LogP contribution in [0.5, 0.6) is 0 Å². The summed E-state index contributed by atoms with van der Waals surface area (Å²) < 4.78 is 24.4. The Labute approximate surface area is 91.2 Å². The van der Waals surface area contributed by atoms with E-state index in [9.17, 15) is 8.60 Å². The molecule has 80 valence electrons. The number of nitrogens with zero attached hydrogens (tertiary/aromatic N) is 1. The average Bonchev–Trinajstić information content (AvgIpc) is 2.17. The molecule has 0 radical (unpaired) electrons. The number of hydrogen-bond acceptors (Lipinski definition) is 2. The maximum atomic E-state index is 13.0. The quantitative estimate of drug-likeness (QED) is 0.789. The van der Waals surface area contributed by atoms with E-state index in [4.69, 9.17) is 5.26 Å². The molecule has 0 aliphatic heterocycles. The first-order valence-corrected chi connectivity index (χ1v) is 6.19. The van der Waals surface area contributed by atoms with Crippen LogP contribution in [0.4, 0.5) is 4.39 Å². The Kier molecular flexibility index (Phi) is 4.44. The minimum Gasteiger partial charge on any atom is -0.259 e. The lowest BCUT2D eigenvalue weighted by Gasteiger charge is -2.02. The third-order valence-electron chi connectivity index (χ3n) is 1.85. The van der Waals surface area contributed by atoms with Crippen LogP contribution < -0.4 is 0 Å². The third kappa shape index (κ3) is 3.80. The SMILES string of the molecule is CCCS(=O)Cc1cc(F)cc(C#N)c1. The van der Waals surface area contributed by atoms with Gasteiger partial charge in [0, 0.05) is 22.3 Å². The second-order valence-corrected chi connectivity index (χ2v) is 4.82. The van der Waals surface area contributed by atoms with Crippen LogP contribution in [0.25, 0.3) is 0 Å². The molecule has 4 heteroatoms. The lowest BCUT2D eigenvalue weighted by Crippen LogP contribution is -2.00. The normalized spacial score (nSPS) is 12.1. The fraction of sp³-hybridized carbons (Fsp3) is 0.364. The van der Waals surface area contributed by atoms with Crippen molar-refractivity contribution in [3.05, 3.63) is 35.1 Å². The minimum atomic E-state index is -0.966. The predicted octanol–water partition coefficient (Wildman–Crippen LogP) is 2.36. The first-order chi connectivity index (χ1) is 7.15. The largest absolute Gasteiger partial charge is 0.259 e. The van der Waals surface area contributed by atoms with Gasteiger partial charge in [-0.3, -0.25) is 4.21 Å². The van der Waals surface area contributed by atoms with E-state index in [1.54, 1.807) is 6.07 Å². The molecule has 0 amide bonds. The van der Waals surface area contributed by atoms with Gasteiger partial charge in [-0.1, -0.05) is 6.92 Å². The van der Waals surface area contributed by atoms with Crippen LogP contribution in [0.3, 0.4) is 0 Å². The van der Waals surface area contributed by atoms with Crippen molar-refractivity contribution in [3.8, 4) is 6.07 Å². The highest BCUT2D eigenvalue weighted by atomic mass is 32.2. The molecule has 1 rings (SSSR count). The molecule has 0 spiro atoms. The van der Waals surface area contributed by atoms with Gasteiger partial charge in [0.05, 0.1) is 11.6 Å². The average molecular weight is 225 g/mol. The van der Waals surface area contributed by atoms with Crippen LogP contribution in [-0.4, -0.2) is 9.96 Å². The topological polar surface area (TPSA) is 40.9 Å². The number of hydrogen-bond donors (Lipinski definition) is 0. The Balaban J connectivity index is 2.82. The second-order valence-electron chi connectivity index (χ2n) is 3.25. The highest BCUT2D eigenvalue weighted by Crippen LogP contribution is 2.11. The zero-order chi connectivity index (χ0) is 11.3. The van der Waals surface area contributed by atoms with Gasteiger partial charge in [0.2, 0.25) is 0 Å². The molecular weight excluding hydrogens is 213 g/mol. The summed E-state index contributed by atoms with van der Waals surface area (Å²) in [6, 6.07) is 5.96. The Bertz CT molecular complexity index is 412. The predicted molar refractivity (Wildman–Crippen MR) is 58.1 cm³/mol. The van der Waals surface area contributed by atoms with Crippen LogP contribution in [-0.2, 0) is 16.6 Å². The molecule has 0 heterocycles. The van der Waals surface area contributed by atoms with Gasteiger partial charge in [-0.25, -0.2) is 4.39 Å². The van der Waals surface area contributed by atoms with Crippen LogP contribution in [0.1, 0.15) is 24.5 Å². The van der Waals surface area contributed by atoms with Crippen molar-refractivity contribution in [3.63, 3.8) is 0 Å². The zero-order valence-corrected chi connectivity index (χ0v) is 9.31.